The summed E-state index contributed by atoms with van der Waals surface area (Å²) in [4.78, 5) is 11.9. The maximum Gasteiger partial charge on any atom is 0.316 e. The van der Waals surface area contributed by atoms with E-state index in [1.54, 1.807) is 12.1 Å². The van der Waals surface area contributed by atoms with Crippen molar-refractivity contribution in [2.45, 2.75) is 53.4 Å². The molecule has 0 aromatic heterocycles. The van der Waals surface area contributed by atoms with Crippen LogP contribution in [0.2, 0.25) is 0 Å². The number of halogens is 1. The van der Waals surface area contributed by atoms with Crippen molar-refractivity contribution in [3.05, 3.63) is 29.6 Å². The lowest BCUT2D eigenvalue weighted by molar-refractivity contribution is -0.144. The van der Waals surface area contributed by atoms with Crippen molar-refractivity contribution in [3.8, 4) is 5.75 Å². The van der Waals surface area contributed by atoms with E-state index in [9.17, 15) is 9.18 Å². The van der Waals surface area contributed by atoms with Crippen LogP contribution in [0.4, 0.5) is 4.39 Å². The van der Waals surface area contributed by atoms with Gasteiger partial charge in [0.1, 0.15) is 11.6 Å². The van der Waals surface area contributed by atoms with E-state index >= 15 is 0 Å². The second-order valence-electron chi connectivity index (χ2n) is 6.52. The zero-order valence-electron chi connectivity index (χ0n) is 12.6. The Bertz CT molecular complexity index is 470. The van der Waals surface area contributed by atoms with E-state index in [2.05, 4.69) is 0 Å². The summed E-state index contributed by atoms with van der Waals surface area (Å²) in [6.45, 7) is 11.4. The van der Waals surface area contributed by atoms with E-state index in [1.165, 1.54) is 6.07 Å². The van der Waals surface area contributed by atoms with Crippen LogP contribution in [0.1, 0.15) is 53.5 Å². The molecule has 0 saturated heterocycles. The lowest BCUT2D eigenvalue weighted by atomic mass is 9.86. The van der Waals surface area contributed by atoms with Crippen LogP contribution >= 0.6 is 0 Å². The minimum Gasteiger partial charge on any atom is -0.426 e. The molecule has 0 radical (unpaired) electrons. The van der Waals surface area contributed by atoms with Gasteiger partial charge in [0, 0.05) is 6.07 Å². The molecular formula is C16H23FO2. The fourth-order valence-corrected chi connectivity index (χ4v) is 1.56. The molecule has 3 heteroatoms. The highest BCUT2D eigenvalue weighted by Crippen LogP contribution is 2.29. The first-order chi connectivity index (χ1) is 8.58. The topological polar surface area (TPSA) is 26.3 Å². The van der Waals surface area contributed by atoms with Gasteiger partial charge in [-0.3, -0.25) is 4.79 Å². The molecule has 0 spiro atoms. The van der Waals surface area contributed by atoms with E-state index in [0.29, 0.717) is 12.0 Å². The van der Waals surface area contributed by atoms with Gasteiger partial charge in [0.05, 0.1) is 5.41 Å². The zero-order chi connectivity index (χ0) is 14.8. The minimum absolute atomic E-state index is 0.261. The molecule has 0 atom stereocenters. The van der Waals surface area contributed by atoms with E-state index < -0.39 is 5.41 Å². The average molecular weight is 266 g/mol. The van der Waals surface area contributed by atoms with Crippen molar-refractivity contribution in [1.29, 1.82) is 0 Å². The Balaban J connectivity index is 2.95. The summed E-state index contributed by atoms with van der Waals surface area (Å²) < 4.78 is 19.2. The number of rotatable bonds is 3. The SMILES string of the molecule is CCC(C)(C)C(=O)Oc1ccc(C(C)(C)C)c(F)c1. The Hall–Kier alpha value is -1.38. The van der Waals surface area contributed by atoms with Gasteiger partial charge in [-0.2, -0.15) is 0 Å². The Morgan fingerprint density at radius 2 is 1.79 bits per heavy atom. The van der Waals surface area contributed by atoms with Crippen LogP contribution in [-0.4, -0.2) is 5.97 Å². The van der Waals surface area contributed by atoms with Crippen LogP contribution in [0.15, 0.2) is 18.2 Å². The van der Waals surface area contributed by atoms with Crippen LogP contribution in [0.3, 0.4) is 0 Å². The summed E-state index contributed by atoms with van der Waals surface area (Å²) in [5.74, 6) is -0.415. The highest BCUT2D eigenvalue weighted by Gasteiger charge is 2.28. The maximum absolute atomic E-state index is 14.0. The summed E-state index contributed by atoms with van der Waals surface area (Å²) in [5.41, 5.74) is -0.212. The summed E-state index contributed by atoms with van der Waals surface area (Å²) in [6.07, 6.45) is 0.675. The van der Waals surface area contributed by atoms with Crippen molar-refractivity contribution < 1.29 is 13.9 Å². The largest absolute Gasteiger partial charge is 0.426 e. The fraction of sp³-hybridized carbons (Fsp3) is 0.562. The van der Waals surface area contributed by atoms with Crippen LogP contribution in [0.5, 0.6) is 5.75 Å². The van der Waals surface area contributed by atoms with Crippen molar-refractivity contribution in [3.63, 3.8) is 0 Å². The molecule has 0 amide bonds. The monoisotopic (exact) mass is 266 g/mol. The first-order valence-corrected chi connectivity index (χ1v) is 6.60. The quantitative estimate of drug-likeness (QED) is 0.596. The van der Waals surface area contributed by atoms with Crippen molar-refractivity contribution in [2.24, 2.45) is 5.41 Å². The molecule has 0 aliphatic carbocycles. The summed E-state index contributed by atoms with van der Waals surface area (Å²) in [7, 11) is 0. The molecule has 0 heterocycles. The standard InChI is InChI=1S/C16H23FO2/c1-7-16(5,6)14(18)19-11-8-9-12(13(17)10-11)15(2,3)4/h8-10H,7H2,1-6H3. The van der Waals surface area contributed by atoms with Gasteiger partial charge in [-0.15, -0.1) is 0 Å². The fourth-order valence-electron chi connectivity index (χ4n) is 1.56. The highest BCUT2D eigenvalue weighted by molar-refractivity contribution is 5.78. The van der Waals surface area contributed by atoms with Crippen LogP contribution in [0, 0.1) is 11.2 Å². The zero-order valence-corrected chi connectivity index (χ0v) is 12.6. The predicted molar refractivity (Wildman–Crippen MR) is 74.8 cm³/mol. The second kappa shape index (κ2) is 5.32. The molecule has 1 aromatic rings. The number of ether oxygens (including phenoxy) is 1. The van der Waals surface area contributed by atoms with Crippen molar-refractivity contribution in [2.75, 3.05) is 0 Å². The van der Waals surface area contributed by atoms with Crippen molar-refractivity contribution >= 4 is 5.97 Å². The molecule has 1 aromatic carbocycles. The molecule has 1 rings (SSSR count). The van der Waals surface area contributed by atoms with Gasteiger partial charge >= 0.3 is 5.97 Å². The molecule has 0 saturated carbocycles. The molecule has 0 N–H and O–H groups in total. The summed E-state index contributed by atoms with van der Waals surface area (Å²) in [5, 5.41) is 0. The lowest BCUT2D eigenvalue weighted by Crippen LogP contribution is -2.28. The Kier molecular flexibility index (Phi) is 4.39. The van der Waals surface area contributed by atoms with Gasteiger partial charge in [-0.25, -0.2) is 4.39 Å². The first kappa shape index (κ1) is 15.7. The van der Waals surface area contributed by atoms with Crippen LogP contribution < -0.4 is 4.74 Å². The average Bonchev–Trinajstić information content (AvgIpc) is 2.27. The first-order valence-electron chi connectivity index (χ1n) is 6.60. The Labute approximate surface area is 115 Å². The lowest BCUT2D eigenvalue weighted by Gasteiger charge is -2.22. The van der Waals surface area contributed by atoms with E-state index in [-0.39, 0.29) is 23.0 Å². The van der Waals surface area contributed by atoms with Gasteiger partial charge in [0.2, 0.25) is 0 Å². The van der Waals surface area contributed by atoms with E-state index in [1.807, 2.05) is 41.5 Å². The molecule has 0 bridgehead atoms. The smallest absolute Gasteiger partial charge is 0.316 e. The molecule has 19 heavy (non-hydrogen) atoms. The molecule has 2 nitrogen and oxygen atoms in total. The highest BCUT2D eigenvalue weighted by atomic mass is 19.1. The number of benzene rings is 1. The Morgan fingerprint density at radius 3 is 2.21 bits per heavy atom. The molecular weight excluding hydrogens is 243 g/mol. The van der Waals surface area contributed by atoms with Crippen molar-refractivity contribution in [1.82, 2.24) is 0 Å². The maximum atomic E-state index is 14.0. The Morgan fingerprint density at radius 1 is 1.21 bits per heavy atom. The summed E-state index contributed by atoms with van der Waals surface area (Å²) in [6, 6.07) is 4.61. The molecule has 0 unspecified atom stereocenters. The van der Waals surface area contributed by atoms with Gasteiger partial charge in [0.25, 0.3) is 0 Å². The molecule has 0 fully saturated rings. The number of hydrogen-bond donors (Lipinski definition) is 0. The number of hydrogen-bond acceptors (Lipinski definition) is 2. The van der Waals surface area contributed by atoms with Gasteiger partial charge in [0.15, 0.2) is 0 Å². The van der Waals surface area contributed by atoms with E-state index in [4.69, 9.17) is 4.74 Å². The second-order valence-corrected chi connectivity index (χ2v) is 6.52. The number of esters is 1. The van der Waals surface area contributed by atoms with E-state index in [0.717, 1.165) is 0 Å². The van der Waals surface area contributed by atoms with Crippen LogP contribution in [-0.2, 0) is 10.2 Å². The summed E-state index contributed by atoms with van der Waals surface area (Å²) >= 11 is 0. The molecule has 0 aliphatic rings. The van der Waals surface area contributed by atoms with Gasteiger partial charge in [-0.05, 0) is 37.3 Å². The number of carbonyl (C=O) groups excluding carboxylic acids is 1. The molecule has 0 aliphatic heterocycles. The minimum atomic E-state index is -0.556. The number of carbonyl (C=O) groups is 1. The predicted octanol–water partition coefficient (Wildman–Crippen LogP) is 4.46. The van der Waals surface area contributed by atoms with Gasteiger partial charge < -0.3 is 4.74 Å². The normalized spacial score (nSPS) is 12.4. The third kappa shape index (κ3) is 3.79. The molecule has 106 valence electrons. The van der Waals surface area contributed by atoms with Crippen LogP contribution in [0.25, 0.3) is 0 Å². The third-order valence-electron chi connectivity index (χ3n) is 3.40. The van der Waals surface area contributed by atoms with Gasteiger partial charge in [-0.1, -0.05) is 33.8 Å². The third-order valence-corrected chi connectivity index (χ3v) is 3.40.